The number of nitrogens with zero attached hydrogens (tertiary/aromatic N) is 1. The molecule has 1 spiro atoms. The first-order valence-electron chi connectivity index (χ1n) is 8.24. The maximum absolute atomic E-state index is 6.03. The molecule has 0 saturated carbocycles. The quantitative estimate of drug-likeness (QED) is 0.654. The van der Waals surface area contributed by atoms with E-state index in [2.05, 4.69) is 29.4 Å². The highest BCUT2D eigenvalue weighted by molar-refractivity contribution is 5.92. The fourth-order valence-electron chi connectivity index (χ4n) is 2.91. The molecule has 2 aliphatic heterocycles. The number of benzene rings is 1. The topological polar surface area (TPSA) is 78.1 Å². The van der Waals surface area contributed by atoms with Gasteiger partial charge in [0.1, 0.15) is 6.10 Å². The summed E-state index contributed by atoms with van der Waals surface area (Å²) in [6.07, 6.45) is 2.51. The van der Waals surface area contributed by atoms with Crippen LogP contribution in [0.5, 0.6) is 0 Å². The van der Waals surface area contributed by atoms with Gasteiger partial charge in [-0.05, 0) is 24.1 Å². The van der Waals surface area contributed by atoms with Crippen molar-refractivity contribution in [1.82, 2.24) is 0 Å². The Kier molecular flexibility index (Phi) is 5.15. The monoisotopic (exact) mass is 319 g/mol. The predicted molar refractivity (Wildman–Crippen MR) is 89.5 cm³/mol. The van der Waals surface area contributed by atoms with E-state index in [0.29, 0.717) is 32.3 Å². The molecule has 1 atom stereocenters. The highest BCUT2D eigenvalue weighted by Crippen LogP contribution is 2.33. The third-order valence-electron chi connectivity index (χ3n) is 4.24. The van der Waals surface area contributed by atoms with Gasteiger partial charge < -0.3 is 25.3 Å². The molecular weight excluding hydrogens is 294 g/mol. The lowest BCUT2D eigenvalue weighted by Crippen LogP contribution is -2.38. The number of ether oxygens (including phenoxy) is 3. The van der Waals surface area contributed by atoms with Crippen molar-refractivity contribution in [3.8, 4) is 0 Å². The Bertz CT molecular complexity index is 556. The first kappa shape index (κ1) is 16.2. The molecule has 1 unspecified atom stereocenters. The number of rotatable bonds is 4. The molecule has 6 heteroatoms. The number of hydrogen-bond donors (Lipinski definition) is 2. The molecule has 3 N–H and O–H groups in total. The van der Waals surface area contributed by atoms with Gasteiger partial charge in [-0.25, -0.2) is 0 Å². The largest absolute Gasteiger partial charge is 0.381 e. The fourth-order valence-corrected chi connectivity index (χ4v) is 2.91. The maximum Gasteiger partial charge on any atom is 0.193 e. The maximum atomic E-state index is 6.03. The second-order valence-corrected chi connectivity index (χ2v) is 5.98. The van der Waals surface area contributed by atoms with E-state index in [1.54, 1.807) is 0 Å². The summed E-state index contributed by atoms with van der Waals surface area (Å²) in [4.78, 5) is 4.38. The van der Waals surface area contributed by atoms with Crippen molar-refractivity contribution < 1.29 is 14.2 Å². The molecule has 6 nitrogen and oxygen atoms in total. The van der Waals surface area contributed by atoms with Crippen LogP contribution in [0.4, 0.5) is 5.69 Å². The zero-order chi connectivity index (χ0) is 16.1. The third-order valence-corrected chi connectivity index (χ3v) is 4.24. The van der Waals surface area contributed by atoms with Crippen LogP contribution in [-0.4, -0.2) is 44.2 Å². The summed E-state index contributed by atoms with van der Waals surface area (Å²) in [6.45, 7) is 4.55. The summed E-state index contributed by atoms with van der Waals surface area (Å²) in [5.41, 5.74) is 8.18. The summed E-state index contributed by atoms with van der Waals surface area (Å²) in [7, 11) is 0. The highest BCUT2D eigenvalue weighted by atomic mass is 16.7. The lowest BCUT2D eigenvalue weighted by molar-refractivity contribution is -0.210. The molecule has 2 fully saturated rings. The van der Waals surface area contributed by atoms with Crippen molar-refractivity contribution in [2.75, 3.05) is 31.7 Å². The van der Waals surface area contributed by atoms with Crippen LogP contribution in [-0.2, 0) is 20.6 Å². The van der Waals surface area contributed by atoms with Crippen molar-refractivity contribution in [1.29, 1.82) is 0 Å². The van der Waals surface area contributed by atoms with E-state index in [4.69, 9.17) is 19.9 Å². The Morgan fingerprint density at radius 3 is 3.00 bits per heavy atom. The molecule has 0 amide bonds. The molecule has 1 aromatic rings. The summed E-state index contributed by atoms with van der Waals surface area (Å²) >= 11 is 0. The molecule has 1 aromatic carbocycles. The minimum absolute atomic E-state index is 0.0459. The zero-order valence-corrected chi connectivity index (χ0v) is 13.6. The Labute approximate surface area is 137 Å². The van der Waals surface area contributed by atoms with Crippen molar-refractivity contribution >= 4 is 11.6 Å². The van der Waals surface area contributed by atoms with E-state index >= 15 is 0 Å². The van der Waals surface area contributed by atoms with Gasteiger partial charge in [-0.3, -0.25) is 4.99 Å². The number of aliphatic imine (C=N–C) groups is 1. The van der Waals surface area contributed by atoms with E-state index in [1.165, 1.54) is 5.56 Å². The lowest BCUT2D eigenvalue weighted by atomic mass is 10.1. The molecule has 0 aliphatic carbocycles. The Morgan fingerprint density at radius 1 is 1.39 bits per heavy atom. The molecule has 0 radical (unpaired) electrons. The molecule has 2 saturated heterocycles. The standard InChI is InChI=1S/C17H25N3O3/c1-2-13-4-3-5-14(10-13)20-16(18)19-11-15-12-22-17(23-15)6-8-21-9-7-17/h3-5,10,15H,2,6-9,11-12H2,1H3,(H3,18,19,20). The van der Waals surface area contributed by atoms with E-state index in [0.717, 1.165) is 24.9 Å². The SMILES string of the molecule is CCc1cccc(NC(N)=NCC2COC3(CCOCC3)O2)c1. The van der Waals surface area contributed by atoms with Crippen LogP contribution in [0.25, 0.3) is 0 Å². The van der Waals surface area contributed by atoms with Gasteiger partial charge in [0.15, 0.2) is 11.7 Å². The average Bonchev–Trinajstić information content (AvgIpc) is 2.96. The van der Waals surface area contributed by atoms with Crippen LogP contribution >= 0.6 is 0 Å². The van der Waals surface area contributed by atoms with Crippen molar-refractivity contribution in [2.45, 2.75) is 38.1 Å². The molecule has 23 heavy (non-hydrogen) atoms. The second-order valence-electron chi connectivity index (χ2n) is 5.98. The van der Waals surface area contributed by atoms with Crippen LogP contribution < -0.4 is 11.1 Å². The smallest absolute Gasteiger partial charge is 0.193 e. The first-order chi connectivity index (χ1) is 11.2. The van der Waals surface area contributed by atoms with Gasteiger partial charge in [0.05, 0.1) is 26.4 Å². The second kappa shape index (κ2) is 7.29. The molecular formula is C17H25N3O3. The molecule has 126 valence electrons. The Morgan fingerprint density at radius 2 is 2.22 bits per heavy atom. The van der Waals surface area contributed by atoms with Crippen LogP contribution in [0, 0.1) is 0 Å². The minimum atomic E-state index is -0.462. The van der Waals surface area contributed by atoms with Crippen LogP contribution in [0.3, 0.4) is 0 Å². The van der Waals surface area contributed by atoms with Crippen LogP contribution in [0.15, 0.2) is 29.3 Å². The summed E-state index contributed by atoms with van der Waals surface area (Å²) in [6, 6.07) is 8.16. The number of nitrogens with two attached hydrogens (primary N) is 1. The number of hydrogen-bond acceptors (Lipinski definition) is 4. The van der Waals surface area contributed by atoms with E-state index in [-0.39, 0.29) is 6.10 Å². The normalized spacial score (nSPS) is 24.0. The van der Waals surface area contributed by atoms with E-state index < -0.39 is 5.79 Å². The van der Waals surface area contributed by atoms with Gasteiger partial charge in [0.25, 0.3) is 0 Å². The van der Waals surface area contributed by atoms with Crippen LogP contribution in [0.1, 0.15) is 25.3 Å². The predicted octanol–water partition coefficient (Wildman–Crippen LogP) is 1.90. The van der Waals surface area contributed by atoms with Gasteiger partial charge in [-0.2, -0.15) is 0 Å². The number of aryl methyl sites for hydroxylation is 1. The average molecular weight is 319 g/mol. The van der Waals surface area contributed by atoms with Gasteiger partial charge in [-0.15, -0.1) is 0 Å². The fraction of sp³-hybridized carbons (Fsp3) is 0.588. The third kappa shape index (κ3) is 4.22. The van der Waals surface area contributed by atoms with Crippen LogP contribution in [0.2, 0.25) is 0 Å². The Balaban J connectivity index is 1.51. The summed E-state index contributed by atoms with van der Waals surface area (Å²) in [5.74, 6) is -0.0643. The zero-order valence-electron chi connectivity index (χ0n) is 13.6. The number of nitrogens with one attached hydrogen (secondary N) is 1. The van der Waals surface area contributed by atoms with Crippen molar-refractivity contribution in [2.24, 2.45) is 10.7 Å². The molecule has 2 heterocycles. The van der Waals surface area contributed by atoms with E-state index in [9.17, 15) is 0 Å². The highest BCUT2D eigenvalue weighted by Gasteiger charge is 2.42. The van der Waals surface area contributed by atoms with E-state index in [1.807, 2.05) is 12.1 Å². The molecule has 0 aromatic heterocycles. The number of guanidine groups is 1. The summed E-state index contributed by atoms with van der Waals surface area (Å²) in [5, 5.41) is 3.12. The van der Waals surface area contributed by atoms with Crippen molar-refractivity contribution in [3.63, 3.8) is 0 Å². The van der Waals surface area contributed by atoms with Gasteiger partial charge in [0, 0.05) is 18.5 Å². The summed E-state index contributed by atoms with van der Waals surface area (Å²) < 4.78 is 17.2. The van der Waals surface area contributed by atoms with Gasteiger partial charge in [-0.1, -0.05) is 19.1 Å². The van der Waals surface area contributed by atoms with Gasteiger partial charge in [0.2, 0.25) is 0 Å². The molecule has 3 rings (SSSR count). The first-order valence-corrected chi connectivity index (χ1v) is 8.24. The minimum Gasteiger partial charge on any atom is -0.381 e. The lowest BCUT2D eigenvalue weighted by Gasteiger charge is -2.31. The molecule has 2 aliphatic rings. The van der Waals surface area contributed by atoms with Gasteiger partial charge >= 0.3 is 0 Å². The Hall–Kier alpha value is -1.63. The van der Waals surface area contributed by atoms with Crippen molar-refractivity contribution in [3.05, 3.63) is 29.8 Å². The molecule has 0 bridgehead atoms. The number of anilines is 1.